The minimum Gasteiger partial charge on any atom is -0.469 e. The number of ether oxygens (including phenoxy) is 1. The molecule has 2 atom stereocenters. The molecule has 1 N–H and O–H groups in total. The highest BCUT2D eigenvalue weighted by Gasteiger charge is 2.28. The van der Waals surface area contributed by atoms with Crippen LogP contribution in [0, 0.1) is 0 Å². The minimum absolute atomic E-state index is 0.120. The van der Waals surface area contributed by atoms with E-state index in [-0.39, 0.29) is 17.9 Å². The van der Waals surface area contributed by atoms with Gasteiger partial charge in [0.15, 0.2) is 0 Å². The van der Waals surface area contributed by atoms with Crippen LogP contribution < -0.4 is 5.32 Å². The van der Waals surface area contributed by atoms with Crippen molar-refractivity contribution in [3.63, 3.8) is 0 Å². The summed E-state index contributed by atoms with van der Waals surface area (Å²) in [6, 6.07) is 9.91. The molecule has 3 heteroatoms. The minimum atomic E-state index is -0.230. The molecule has 1 aromatic rings. The number of benzene rings is 1. The third-order valence-electron chi connectivity index (χ3n) is 2.92. The zero-order valence-electron chi connectivity index (χ0n) is 10.8. The largest absolute Gasteiger partial charge is 0.469 e. The number of likely N-dealkylation sites (N-methyl/N-ethyl adjacent to an activating group) is 1. The maximum absolute atomic E-state index is 11.9. The lowest BCUT2D eigenvalue weighted by atomic mass is 9.90. The fourth-order valence-corrected chi connectivity index (χ4v) is 2.08. The summed E-state index contributed by atoms with van der Waals surface area (Å²) >= 11 is 0. The quantitative estimate of drug-likeness (QED) is 0.769. The number of carbonyl (C=O) groups is 1. The summed E-state index contributed by atoms with van der Waals surface area (Å²) in [6.07, 6.45) is 0.891. The van der Waals surface area contributed by atoms with E-state index < -0.39 is 0 Å². The first-order valence-corrected chi connectivity index (χ1v) is 6.10. The second-order valence-corrected chi connectivity index (χ2v) is 3.98. The summed E-state index contributed by atoms with van der Waals surface area (Å²) in [5.74, 6) is -0.407. The fourth-order valence-electron chi connectivity index (χ4n) is 2.08. The van der Waals surface area contributed by atoms with Crippen LogP contribution in [0.1, 0.15) is 31.7 Å². The normalized spacial score (nSPS) is 14.1. The molecule has 0 aromatic heterocycles. The smallest absolute Gasteiger partial charge is 0.314 e. The molecule has 0 saturated heterocycles. The van der Waals surface area contributed by atoms with Gasteiger partial charge in [0.2, 0.25) is 0 Å². The summed E-state index contributed by atoms with van der Waals surface area (Å²) in [7, 11) is 1.44. The van der Waals surface area contributed by atoms with Crippen molar-refractivity contribution >= 4 is 5.97 Å². The Bertz CT molecular complexity index is 337. The number of methoxy groups -OCH3 is 1. The van der Waals surface area contributed by atoms with E-state index in [2.05, 4.69) is 12.2 Å². The summed E-state index contributed by atoms with van der Waals surface area (Å²) < 4.78 is 4.92. The van der Waals surface area contributed by atoms with Crippen LogP contribution in [0.4, 0.5) is 0 Å². The Labute approximate surface area is 103 Å². The summed E-state index contributed by atoms with van der Waals surface area (Å²) in [5.41, 5.74) is 1.01. The summed E-state index contributed by atoms with van der Waals surface area (Å²) in [5, 5.41) is 3.35. The van der Waals surface area contributed by atoms with Crippen molar-refractivity contribution < 1.29 is 9.53 Å². The molecule has 0 aliphatic heterocycles. The fraction of sp³-hybridized carbons (Fsp3) is 0.500. The molecule has 3 nitrogen and oxygen atoms in total. The van der Waals surface area contributed by atoms with E-state index in [4.69, 9.17) is 4.74 Å². The molecule has 0 radical (unpaired) electrons. The van der Waals surface area contributed by atoms with Gasteiger partial charge in [-0.05, 0) is 18.5 Å². The molecule has 0 fully saturated rings. The molecule has 0 spiro atoms. The van der Waals surface area contributed by atoms with Gasteiger partial charge < -0.3 is 10.1 Å². The molecule has 17 heavy (non-hydrogen) atoms. The van der Waals surface area contributed by atoms with Crippen LogP contribution in [-0.4, -0.2) is 25.7 Å². The van der Waals surface area contributed by atoms with Crippen molar-refractivity contribution in [3.05, 3.63) is 35.9 Å². The van der Waals surface area contributed by atoms with Crippen molar-refractivity contribution in [3.8, 4) is 0 Å². The van der Waals surface area contributed by atoms with Gasteiger partial charge in [0.25, 0.3) is 0 Å². The standard InChI is InChI=1S/C14H21NO2/c1-4-12(15-5-2)13(14(16)17-3)11-9-7-6-8-10-11/h6-10,12-13,15H,4-5H2,1-3H3. The van der Waals surface area contributed by atoms with E-state index >= 15 is 0 Å². The van der Waals surface area contributed by atoms with Crippen molar-refractivity contribution in [2.24, 2.45) is 0 Å². The number of hydrogen-bond acceptors (Lipinski definition) is 3. The molecule has 0 bridgehead atoms. The average molecular weight is 235 g/mol. The lowest BCUT2D eigenvalue weighted by Gasteiger charge is -2.25. The molecule has 0 aliphatic rings. The van der Waals surface area contributed by atoms with Gasteiger partial charge in [0, 0.05) is 6.04 Å². The van der Waals surface area contributed by atoms with Gasteiger partial charge in [-0.15, -0.1) is 0 Å². The molecule has 0 amide bonds. The molecule has 0 aliphatic carbocycles. The van der Waals surface area contributed by atoms with Crippen LogP contribution in [0.5, 0.6) is 0 Å². The van der Waals surface area contributed by atoms with E-state index in [9.17, 15) is 4.79 Å². The van der Waals surface area contributed by atoms with Gasteiger partial charge in [0.1, 0.15) is 0 Å². The second-order valence-electron chi connectivity index (χ2n) is 3.98. The van der Waals surface area contributed by atoms with Gasteiger partial charge in [-0.25, -0.2) is 0 Å². The van der Waals surface area contributed by atoms with Crippen LogP contribution >= 0.6 is 0 Å². The van der Waals surface area contributed by atoms with Crippen molar-refractivity contribution in [1.29, 1.82) is 0 Å². The van der Waals surface area contributed by atoms with Crippen LogP contribution in [0.3, 0.4) is 0 Å². The highest BCUT2D eigenvalue weighted by Crippen LogP contribution is 2.23. The van der Waals surface area contributed by atoms with E-state index in [1.54, 1.807) is 0 Å². The van der Waals surface area contributed by atoms with Gasteiger partial charge in [-0.3, -0.25) is 4.79 Å². The maximum Gasteiger partial charge on any atom is 0.314 e. The zero-order valence-corrected chi connectivity index (χ0v) is 10.8. The Kier molecular flexibility index (Phi) is 5.70. The average Bonchev–Trinajstić information content (AvgIpc) is 2.39. The predicted molar refractivity (Wildman–Crippen MR) is 69.0 cm³/mol. The van der Waals surface area contributed by atoms with Crippen molar-refractivity contribution in [2.45, 2.75) is 32.2 Å². The molecule has 1 rings (SSSR count). The Morgan fingerprint density at radius 2 is 1.94 bits per heavy atom. The van der Waals surface area contributed by atoms with E-state index in [1.807, 2.05) is 37.3 Å². The third-order valence-corrected chi connectivity index (χ3v) is 2.92. The summed E-state index contributed by atoms with van der Waals surface area (Å²) in [4.78, 5) is 11.9. The van der Waals surface area contributed by atoms with Crippen LogP contribution in [0.2, 0.25) is 0 Å². The third kappa shape index (κ3) is 3.56. The molecule has 0 heterocycles. The first-order chi connectivity index (χ1) is 8.24. The Morgan fingerprint density at radius 3 is 2.41 bits per heavy atom. The van der Waals surface area contributed by atoms with Crippen molar-refractivity contribution in [2.75, 3.05) is 13.7 Å². The number of carbonyl (C=O) groups excluding carboxylic acids is 1. The highest BCUT2D eigenvalue weighted by molar-refractivity contribution is 5.79. The molecular formula is C14H21NO2. The first kappa shape index (κ1) is 13.7. The molecular weight excluding hydrogens is 214 g/mol. The summed E-state index contributed by atoms with van der Waals surface area (Å²) in [6.45, 7) is 4.97. The van der Waals surface area contributed by atoms with E-state index in [0.29, 0.717) is 0 Å². The Hall–Kier alpha value is -1.35. The van der Waals surface area contributed by atoms with Gasteiger partial charge >= 0.3 is 5.97 Å². The molecule has 0 saturated carbocycles. The zero-order chi connectivity index (χ0) is 12.7. The number of hydrogen-bond donors (Lipinski definition) is 1. The number of esters is 1. The van der Waals surface area contributed by atoms with E-state index in [0.717, 1.165) is 18.5 Å². The molecule has 2 unspecified atom stereocenters. The topological polar surface area (TPSA) is 38.3 Å². The van der Waals surface area contributed by atoms with Crippen LogP contribution in [-0.2, 0) is 9.53 Å². The van der Waals surface area contributed by atoms with Gasteiger partial charge in [-0.2, -0.15) is 0 Å². The monoisotopic (exact) mass is 235 g/mol. The van der Waals surface area contributed by atoms with Crippen molar-refractivity contribution in [1.82, 2.24) is 5.32 Å². The Balaban J connectivity index is 2.98. The number of nitrogens with one attached hydrogen (secondary N) is 1. The lowest BCUT2D eigenvalue weighted by molar-refractivity contribution is -0.143. The maximum atomic E-state index is 11.9. The second kappa shape index (κ2) is 7.07. The molecule has 94 valence electrons. The van der Waals surface area contributed by atoms with Crippen LogP contribution in [0.15, 0.2) is 30.3 Å². The number of rotatable bonds is 6. The molecule has 1 aromatic carbocycles. The Morgan fingerprint density at radius 1 is 1.29 bits per heavy atom. The SMILES string of the molecule is CCNC(CC)C(C(=O)OC)c1ccccc1. The predicted octanol–water partition coefficient (Wildman–Crippen LogP) is 2.33. The van der Waals surface area contributed by atoms with Gasteiger partial charge in [-0.1, -0.05) is 44.2 Å². The van der Waals surface area contributed by atoms with Gasteiger partial charge in [0.05, 0.1) is 13.0 Å². The highest BCUT2D eigenvalue weighted by atomic mass is 16.5. The first-order valence-electron chi connectivity index (χ1n) is 6.10. The van der Waals surface area contributed by atoms with E-state index in [1.165, 1.54) is 7.11 Å². The van der Waals surface area contributed by atoms with Crippen LogP contribution in [0.25, 0.3) is 0 Å². The lowest BCUT2D eigenvalue weighted by Crippen LogP contribution is -2.38.